The minimum Gasteiger partial charge on any atom is -0.733 e. The minimum absolute atomic E-state index is 0.0171. The summed E-state index contributed by atoms with van der Waals surface area (Å²) in [6.07, 6.45) is 0.865. The third kappa shape index (κ3) is 3.19. The van der Waals surface area contributed by atoms with E-state index in [1.54, 1.807) is 37.0 Å². The molecule has 0 radical (unpaired) electrons. The number of aromatic amines is 1. The summed E-state index contributed by atoms with van der Waals surface area (Å²) in [7, 11) is 3.13. The van der Waals surface area contributed by atoms with Crippen LogP contribution in [0, 0.1) is 11.1 Å². The molecule has 2 aliphatic heterocycles. The Morgan fingerprint density at radius 1 is 1.16 bits per heavy atom. The fourth-order valence-electron chi connectivity index (χ4n) is 4.99. The summed E-state index contributed by atoms with van der Waals surface area (Å²) in [6.45, 7) is 1.38. The third-order valence-electron chi connectivity index (χ3n) is 6.43. The number of rotatable bonds is 4. The molecule has 2 aromatic heterocycles. The molecular weight excluding hydrogens is 416 g/mol. The number of nitrogens with zero attached hydrogens (tertiary/aromatic N) is 3. The molecule has 2 atom stereocenters. The van der Waals surface area contributed by atoms with E-state index in [9.17, 15) is 14.8 Å². The quantitative estimate of drug-likeness (QED) is 0.598. The van der Waals surface area contributed by atoms with E-state index in [0.29, 0.717) is 36.8 Å². The fourth-order valence-corrected chi connectivity index (χ4v) is 4.99. The van der Waals surface area contributed by atoms with Gasteiger partial charge in [0, 0.05) is 48.2 Å². The molecule has 1 aromatic carbocycles. The number of amides is 1. The second-order valence-electron chi connectivity index (χ2n) is 8.32. The zero-order valence-electron chi connectivity index (χ0n) is 17.7. The van der Waals surface area contributed by atoms with E-state index in [0.717, 1.165) is 23.0 Å². The van der Waals surface area contributed by atoms with E-state index in [1.165, 1.54) is 6.07 Å². The van der Waals surface area contributed by atoms with Crippen LogP contribution in [0.5, 0.6) is 11.5 Å². The first-order chi connectivity index (χ1) is 15.4. The average molecular weight is 439 g/mol. The van der Waals surface area contributed by atoms with Crippen LogP contribution in [0.15, 0.2) is 35.1 Å². The molecule has 32 heavy (non-hydrogen) atoms. The van der Waals surface area contributed by atoms with Crippen molar-refractivity contribution in [1.29, 1.82) is 0 Å². The van der Waals surface area contributed by atoms with Crippen molar-refractivity contribution in [3.8, 4) is 11.5 Å². The van der Waals surface area contributed by atoms with Crippen LogP contribution < -0.4 is 20.3 Å². The maximum Gasteiger partial charge on any atom is 0.275 e. The third-order valence-corrected chi connectivity index (χ3v) is 6.43. The van der Waals surface area contributed by atoms with Crippen molar-refractivity contribution in [2.24, 2.45) is 5.92 Å². The summed E-state index contributed by atoms with van der Waals surface area (Å²) >= 11 is 0. The monoisotopic (exact) mass is 439 g/mol. The lowest BCUT2D eigenvalue weighted by atomic mass is 9.83. The maximum atomic E-state index is 13.3. The van der Waals surface area contributed by atoms with Gasteiger partial charge in [-0.1, -0.05) is 0 Å². The summed E-state index contributed by atoms with van der Waals surface area (Å²) in [6, 6.07) is 8.46. The molecule has 0 spiro atoms. The van der Waals surface area contributed by atoms with Crippen molar-refractivity contribution in [1.82, 2.24) is 14.5 Å². The normalized spacial score (nSPS) is 19.6. The zero-order valence-corrected chi connectivity index (χ0v) is 17.7. The van der Waals surface area contributed by atoms with Crippen molar-refractivity contribution >= 4 is 22.5 Å². The van der Waals surface area contributed by atoms with E-state index < -0.39 is 10.8 Å². The number of nitrogens with one attached hydrogen (secondary N) is 1. The summed E-state index contributed by atoms with van der Waals surface area (Å²) in [5.74, 6) is 1.13. The van der Waals surface area contributed by atoms with Gasteiger partial charge in [0.15, 0.2) is 11.5 Å². The van der Waals surface area contributed by atoms with Crippen LogP contribution in [0.4, 0.5) is 5.69 Å². The van der Waals surface area contributed by atoms with Gasteiger partial charge in [0.25, 0.3) is 11.5 Å². The van der Waals surface area contributed by atoms with E-state index in [-0.39, 0.29) is 23.4 Å². The second-order valence-corrected chi connectivity index (χ2v) is 8.32. The first-order valence-electron chi connectivity index (χ1n) is 10.3. The van der Waals surface area contributed by atoms with Crippen LogP contribution in [0.1, 0.15) is 28.5 Å². The number of hydrogen-bond donors (Lipinski definition) is 2. The smallest absolute Gasteiger partial charge is 0.275 e. The Balaban J connectivity index is 1.44. The lowest BCUT2D eigenvalue weighted by Gasteiger charge is -2.43. The number of aromatic nitrogens is 2. The molecule has 4 heterocycles. The summed E-state index contributed by atoms with van der Waals surface area (Å²) in [5.41, 5.74) is 1.23. The number of piperidine rings is 1. The molecule has 168 valence electrons. The van der Waals surface area contributed by atoms with E-state index >= 15 is 0 Å². The molecule has 1 saturated heterocycles. The Hall–Kier alpha value is -3.50. The predicted octanol–water partition coefficient (Wildman–Crippen LogP) is 2.30. The van der Waals surface area contributed by atoms with Gasteiger partial charge in [-0.05, 0) is 36.6 Å². The number of ether oxygens (including phenoxy) is 2. The van der Waals surface area contributed by atoms with Gasteiger partial charge in [-0.15, -0.1) is 0 Å². The molecular formula is C22H23N4O6-. The number of pyridine rings is 1. The number of hydrogen-bond acceptors (Lipinski definition) is 7. The second kappa shape index (κ2) is 7.57. The number of carbonyl (C=O) groups excluding carboxylic acids is 1. The van der Waals surface area contributed by atoms with Gasteiger partial charge in [0.1, 0.15) is 11.4 Å². The van der Waals surface area contributed by atoms with Gasteiger partial charge in [-0.25, -0.2) is 0 Å². The number of methoxy groups -OCH3 is 2. The first kappa shape index (κ1) is 20.4. The molecule has 0 aliphatic carbocycles. The van der Waals surface area contributed by atoms with E-state index in [2.05, 4.69) is 4.98 Å². The lowest BCUT2D eigenvalue weighted by molar-refractivity contribution is 0.0589. The molecule has 0 unspecified atom stereocenters. The summed E-state index contributed by atoms with van der Waals surface area (Å²) < 4.78 is 12.2. The Labute approximate surface area is 183 Å². The Morgan fingerprint density at radius 2 is 1.91 bits per heavy atom. The number of fused-ring (bicyclic) bond motifs is 5. The standard InChI is InChI=1S/C22H23N4O6/c1-31-19-7-13-6-16(23-15(13)8-20(19)32-2)21(27)24-9-12-5-14(11-24)17-3-4-18(26(29)30)22(28)25(17)10-12/h3-4,6-8,12,14,23,29H,5,9-11H2,1-2H3/q-1/t12-,14+/m1/s1. The molecule has 1 fully saturated rings. The molecule has 5 rings (SSSR count). The van der Waals surface area contributed by atoms with Crippen LogP contribution in [-0.4, -0.2) is 52.9 Å². The molecule has 1 amide bonds. The van der Waals surface area contributed by atoms with Crippen molar-refractivity contribution in [2.75, 3.05) is 32.5 Å². The lowest BCUT2D eigenvalue weighted by Crippen LogP contribution is -2.49. The molecule has 2 bridgehead atoms. The topological polar surface area (TPSA) is 123 Å². The molecule has 0 saturated carbocycles. The average Bonchev–Trinajstić information content (AvgIpc) is 3.20. The fraction of sp³-hybridized carbons (Fsp3) is 0.364. The van der Waals surface area contributed by atoms with Crippen LogP contribution >= 0.6 is 0 Å². The molecule has 2 aliphatic rings. The van der Waals surface area contributed by atoms with Crippen molar-refractivity contribution < 1.29 is 19.5 Å². The van der Waals surface area contributed by atoms with Crippen molar-refractivity contribution in [3.05, 3.63) is 57.3 Å². The SMILES string of the molecule is COc1cc2cc(C(=O)N3C[C@H]4C[C@@H](C3)c3ccc(N([O-])O)c(=O)n3C4)[nH]c2cc1OC. The van der Waals surface area contributed by atoms with Crippen LogP contribution in [0.2, 0.25) is 0 Å². The van der Waals surface area contributed by atoms with E-state index in [1.807, 2.05) is 11.0 Å². The van der Waals surface area contributed by atoms with Gasteiger partial charge >= 0.3 is 0 Å². The summed E-state index contributed by atoms with van der Waals surface area (Å²) in [4.78, 5) is 30.9. The van der Waals surface area contributed by atoms with Crippen molar-refractivity contribution in [2.45, 2.75) is 18.9 Å². The van der Waals surface area contributed by atoms with Gasteiger partial charge in [-0.2, -0.15) is 0 Å². The number of benzene rings is 1. The Kier molecular flexibility index (Phi) is 4.83. The number of carbonyl (C=O) groups is 1. The highest BCUT2D eigenvalue weighted by Gasteiger charge is 2.37. The maximum absolute atomic E-state index is 13.3. The van der Waals surface area contributed by atoms with E-state index in [4.69, 9.17) is 14.7 Å². The Bertz CT molecular complexity index is 1220. The van der Waals surface area contributed by atoms with Crippen molar-refractivity contribution in [3.63, 3.8) is 0 Å². The summed E-state index contributed by atoms with van der Waals surface area (Å²) in [5, 5.41) is 20.9. The van der Waals surface area contributed by atoms with Crippen LogP contribution in [-0.2, 0) is 6.54 Å². The zero-order chi connectivity index (χ0) is 22.6. The number of likely N-dealkylation sites (tertiary alicyclic amines) is 1. The van der Waals surface area contributed by atoms with Gasteiger partial charge in [0.2, 0.25) is 0 Å². The minimum atomic E-state index is -0.506. The van der Waals surface area contributed by atoms with Gasteiger partial charge in [0.05, 0.1) is 14.2 Å². The molecule has 10 heteroatoms. The predicted molar refractivity (Wildman–Crippen MR) is 116 cm³/mol. The van der Waals surface area contributed by atoms with Crippen LogP contribution in [0.25, 0.3) is 10.9 Å². The molecule has 2 N–H and O–H groups in total. The highest BCUT2D eigenvalue weighted by Crippen LogP contribution is 2.37. The molecule has 3 aromatic rings. The first-order valence-corrected chi connectivity index (χ1v) is 10.3. The van der Waals surface area contributed by atoms with Gasteiger partial charge in [-0.3, -0.25) is 14.8 Å². The molecule has 10 nitrogen and oxygen atoms in total. The van der Waals surface area contributed by atoms with Crippen LogP contribution in [0.3, 0.4) is 0 Å². The number of H-pyrrole nitrogens is 1. The largest absolute Gasteiger partial charge is 0.733 e. The van der Waals surface area contributed by atoms with Gasteiger partial charge < -0.3 is 34.4 Å². The highest BCUT2D eigenvalue weighted by atomic mass is 16.8. The Morgan fingerprint density at radius 3 is 2.62 bits per heavy atom. The number of anilines is 1. The highest BCUT2D eigenvalue weighted by molar-refractivity contribution is 5.98.